The third-order valence-corrected chi connectivity index (χ3v) is 7.02. The van der Waals surface area contributed by atoms with E-state index in [9.17, 15) is 13.2 Å². The van der Waals surface area contributed by atoms with Crippen molar-refractivity contribution in [2.75, 3.05) is 20.2 Å². The minimum atomic E-state index is -3.75. The lowest BCUT2D eigenvalue weighted by molar-refractivity contribution is 0.0602. The number of hydrogen-bond acceptors (Lipinski definition) is 8. The quantitative estimate of drug-likeness (QED) is 0.710. The van der Waals surface area contributed by atoms with Crippen molar-refractivity contribution in [1.82, 2.24) is 14.3 Å². The molecular weight excluding hydrogens is 378 g/mol. The Morgan fingerprint density at radius 3 is 2.69 bits per heavy atom. The molecule has 3 heterocycles. The van der Waals surface area contributed by atoms with Gasteiger partial charge in [0.15, 0.2) is 0 Å². The Labute approximate surface area is 155 Å². The van der Waals surface area contributed by atoms with Gasteiger partial charge in [-0.25, -0.2) is 18.2 Å². The van der Waals surface area contributed by atoms with E-state index in [1.807, 2.05) is 0 Å². The number of rotatable bonds is 5. The minimum absolute atomic E-state index is 0.000133. The van der Waals surface area contributed by atoms with E-state index in [4.69, 9.17) is 4.74 Å². The highest BCUT2D eigenvalue weighted by molar-refractivity contribution is 7.89. The maximum Gasteiger partial charge on any atom is 0.349 e. The largest absolute Gasteiger partial charge is 0.474 e. The number of piperidine rings is 1. The summed E-state index contributed by atoms with van der Waals surface area (Å²) in [6, 6.07) is 3.13. The van der Waals surface area contributed by atoms with Gasteiger partial charge in [-0.2, -0.15) is 9.29 Å². The summed E-state index contributed by atoms with van der Waals surface area (Å²) in [6.45, 7) is 2.41. The van der Waals surface area contributed by atoms with Crippen molar-refractivity contribution in [3.8, 4) is 5.88 Å². The molecule has 0 radical (unpaired) electrons. The Morgan fingerprint density at radius 1 is 1.31 bits per heavy atom. The number of aromatic nitrogens is 2. The van der Waals surface area contributed by atoms with E-state index >= 15 is 0 Å². The van der Waals surface area contributed by atoms with E-state index in [0.29, 0.717) is 37.6 Å². The summed E-state index contributed by atoms with van der Waals surface area (Å²) in [5, 5.41) is 1.58. The maximum absolute atomic E-state index is 12.9. The van der Waals surface area contributed by atoms with Gasteiger partial charge in [0.25, 0.3) is 0 Å². The molecule has 1 aliphatic rings. The minimum Gasteiger partial charge on any atom is -0.474 e. The van der Waals surface area contributed by atoms with Gasteiger partial charge in [-0.3, -0.25) is 0 Å². The first-order valence-corrected chi connectivity index (χ1v) is 10.4. The number of methoxy groups -OCH3 is 1. The van der Waals surface area contributed by atoms with Gasteiger partial charge in [0, 0.05) is 25.4 Å². The van der Waals surface area contributed by atoms with Gasteiger partial charge in [0.1, 0.15) is 21.7 Å². The molecule has 1 fully saturated rings. The molecule has 26 heavy (non-hydrogen) atoms. The summed E-state index contributed by atoms with van der Waals surface area (Å²) in [5.74, 6) is 0.468. The van der Waals surface area contributed by atoms with Crippen LogP contribution in [-0.2, 0) is 14.8 Å². The number of carbonyl (C=O) groups is 1. The summed E-state index contributed by atoms with van der Waals surface area (Å²) in [7, 11) is -2.51. The van der Waals surface area contributed by atoms with Crippen LogP contribution in [0.25, 0.3) is 0 Å². The van der Waals surface area contributed by atoms with Crippen molar-refractivity contribution in [3.05, 3.63) is 34.4 Å². The Kier molecular flexibility index (Phi) is 5.54. The fourth-order valence-corrected chi connectivity index (χ4v) is 5.52. The second-order valence-corrected chi connectivity index (χ2v) is 8.59. The van der Waals surface area contributed by atoms with Gasteiger partial charge in [-0.05, 0) is 31.2 Å². The van der Waals surface area contributed by atoms with E-state index in [2.05, 4.69) is 14.7 Å². The van der Waals surface area contributed by atoms with Crippen LogP contribution in [0.1, 0.15) is 28.3 Å². The second kappa shape index (κ2) is 7.68. The number of sulfonamides is 1. The zero-order valence-electron chi connectivity index (χ0n) is 14.4. The van der Waals surface area contributed by atoms with Crippen LogP contribution in [0, 0.1) is 6.92 Å². The molecule has 0 amide bonds. The van der Waals surface area contributed by atoms with Crippen molar-refractivity contribution in [3.63, 3.8) is 0 Å². The van der Waals surface area contributed by atoms with Gasteiger partial charge >= 0.3 is 5.97 Å². The lowest BCUT2D eigenvalue weighted by atomic mass is 10.1. The molecule has 0 spiro atoms. The van der Waals surface area contributed by atoms with Crippen molar-refractivity contribution in [1.29, 1.82) is 0 Å². The van der Waals surface area contributed by atoms with Crippen LogP contribution in [0.4, 0.5) is 0 Å². The molecule has 0 unspecified atom stereocenters. The molecule has 0 atom stereocenters. The average Bonchev–Trinajstić information content (AvgIpc) is 3.12. The second-order valence-electron chi connectivity index (χ2n) is 5.77. The molecule has 140 valence electrons. The molecule has 2 aromatic heterocycles. The predicted octanol–water partition coefficient (Wildman–Crippen LogP) is 1.87. The number of aryl methyl sites for hydroxylation is 1. The third-order valence-electron chi connectivity index (χ3n) is 4.06. The average molecular weight is 397 g/mol. The van der Waals surface area contributed by atoms with Gasteiger partial charge in [0.2, 0.25) is 15.9 Å². The number of thiophene rings is 1. The third kappa shape index (κ3) is 3.87. The van der Waals surface area contributed by atoms with Crippen LogP contribution < -0.4 is 4.74 Å². The van der Waals surface area contributed by atoms with Gasteiger partial charge < -0.3 is 9.47 Å². The SMILES string of the molecule is COC(=O)c1sccc1S(=O)(=O)N1CCC(Oc2ccnc(C)n2)CC1. The monoisotopic (exact) mass is 397 g/mol. The van der Waals surface area contributed by atoms with Crippen LogP contribution in [0.5, 0.6) is 5.88 Å². The highest BCUT2D eigenvalue weighted by Gasteiger charge is 2.34. The number of nitrogens with zero attached hydrogens (tertiary/aromatic N) is 3. The first-order valence-electron chi connectivity index (χ1n) is 8.04. The molecule has 0 saturated carbocycles. The van der Waals surface area contributed by atoms with E-state index in [-0.39, 0.29) is 15.9 Å². The molecule has 10 heteroatoms. The summed E-state index contributed by atoms with van der Waals surface area (Å²) in [4.78, 5) is 20.1. The molecule has 3 rings (SSSR count). The fourth-order valence-electron chi connectivity index (χ4n) is 2.74. The van der Waals surface area contributed by atoms with Crippen molar-refractivity contribution in [2.24, 2.45) is 0 Å². The van der Waals surface area contributed by atoms with Crippen LogP contribution in [0.3, 0.4) is 0 Å². The molecule has 0 N–H and O–H groups in total. The first-order chi connectivity index (χ1) is 12.4. The van der Waals surface area contributed by atoms with Gasteiger partial charge in [0.05, 0.1) is 7.11 Å². The highest BCUT2D eigenvalue weighted by Crippen LogP contribution is 2.28. The number of ether oxygens (including phenoxy) is 2. The van der Waals surface area contributed by atoms with Gasteiger partial charge in [-0.15, -0.1) is 11.3 Å². The summed E-state index contributed by atoms with van der Waals surface area (Å²) < 4.78 is 37.6. The van der Waals surface area contributed by atoms with Crippen molar-refractivity contribution < 1.29 is 22.7 Å². The Bertz CT molecular complexity index is 889. The first kappa shape index (κ1) is 18.7. The van der Waals surface area contributed by atoms with Crippen LogP contribution >= 0.6 is 11.3 Å². The lowest BCUT2D eigenvalue weighted by Gasteiger charge is -2.31. The summed E-state index contributed by atoms with van der Waals surface area (Å²) >= 11 is 1.06. The Hall–Kier alpha value is -2.04. The van der Waals surface area contributed by atoms with Crippen LogP contribution in [0.15, 0.2) is 28.6 Å². The van der Waals surface area contributed by atoms with Crippen LogP contribution in [0.2, 0.25) is 0 Å². The highest BCUT2D eigenvalue weighted by atomic mass is 32.2. The predicted molar refractivity (Wildman–Crippen MR) is 94.8 cm³/mol. The standard InChI is InChI=1S/C16H19N3O5S2/c1-11-17-7-3-14(18-11)24-12-4-8-19(9-5-12)26(21,22)13-6-10-25-15(13)16(20)23-2/h3,6-7,10,12H,4-5,8-9H2,1-2H3. The Morgan fingerprint density at radius 2 is 2.04 bits per heavy atom. The fraction of sp³-hybridized carbons (Fsp3) is 0.438. The van der Waals surface area contributed by atoms with Crippen molar-refractivity contribution >= 4 is 27.3 Å². The summed E-state index contributed by atoms with van der Waals surface area (Å²) in [6.07, 6.45) is 2.60. The topological polar surface area (TPSA) is 98.7 Å². The number of hydrogen-bond donors (Lipinski definition) is 0. The van der Waals surface area contributed by atoms with E-state index in [0.717, 1.165) is 11.3 Å². The molecule has 1 saturated heterocycles. The molecule has 1 aliphatic heterocycles. The molecule has 0 bridgehead atoms. The number of carbonyl (C=O) groups excluding carboxylic acids is 1. The van der Waals surface area contributed by atoms with Crippen molar-refractivity contribution in [2.45, 2.75) is 30.8 Å². The molecule has 2 aromatic rings. The lowest BCUT2D eigenvalue weighted by Crippen LogP contribution is -2.42. The number of esters is 1. The molecular formula is C16H19N3O5S2. The van der Waals surface area contributed by atoms with E-state index in [1.165, 1.54) is 17.5 Å². The zero-order chi connectivity index (χ0) is 18.7. The summed E-state index contributed by atoms with van der Waals surface area (Å²) in [5.41, 5.74) is 0. The smallest absolute Gasteiger partial charge is 0.349 e. The zero-order valence-corrected chi connectivity index (χ0v) is 16.0. The normalized spacial score (nSPS) is 16.4. The maximum atomic E-state index is 12.9. The van der Waals surface area contributed by atoms with Gasteiger partial charge in [-0.1, -0.05) is 0 Å². The molecule has 0 aromatic carbocycles. The van der Waals surface area contributed by atoms with E-state index < -0.39 is 16.0 Å². The van der Waals surface area contributed by atoms with E-state index in [1.54, 1.807) is 24.6 Å². The van der Waals surface area contributed by atoms with Crippen LogP contribution in [-0.4, -0.2) is 55.0 Å². The molecule has 0 aliphatic carbocycles. The molecule has 8 nitrogen and oxygen atoms in total. The Balaban J connectivity index is 1.67.